The van der Waals surface area contributed by atoms with Gasteiger partial charge in [-0.2, -0.15) is 0 Å². The molecule has 25 heavy (non-hydrogen) atoms. The highest BCUT2D eigenvalue weighted by molar-refractivity contribution is 7.18. The Balaban J connectivity index is 1.63. The van der Waals surface area contributed by atoms with Gasteiger partial charge in [0.1, 0.15) is 16.5 Å². The van der Waals surface area contributed by atoms with Gasteiger partial charge in [0, 0.05) is 29.3 Å². The van der Waals surface area contributed by atoms with E-state index in [0.29, 0.717) is 0 Å². The number of ether oxygens (including phenoxy) is 1. The first-order valence-electron chi connectivity index (χ1n) is 8.56. The summed E-state index contributed by atoms with van der Waals surface area (Å²) in [5.74, 6) is 1.68. The third kappa shape index (κ3) is 3.19. The summed E-state index contributed by atoms with van der Waals surface area (Å²) in [6.45, 7) is 9.72. The molecule has 4 rings (SSSR count). The third-order valence-electron chi connectivity index (χ3n) is 4.65. The molecule has 0 unspecified atom stereocenters. The van der Waals surface area contributed by atoms with Crippen LogP contribution < -0.4 is 10.2 Å². The van der Waals surface area contributed by atoms with Crippen LogP contribution in [0.15, 0.2) is 24.3 Å². The number of thiophene rings is 1. The molecule has 6 heteroatoms. The maximum atomic E-state index is 5.42. The summed E-state index contributed by atoms with van der Waals surface area (Å²) in [5.41, 5.74) is 3.53. The summed E-state index contributed by atoms with van der Waals surface area (Å²) >= 11 is 1.73. The van der Waals surface area contributed by atoms with Crippen molar-refractivity contribution in [3.8, 4) is 0 Å². The normalized spacial score (nSPS) is 14.9. The van der Waals surface area contributed by atoms with Crippen molar-refractivity contribution in [3.05, 3.63) is 40.5 Å². The molecule has 0 bridgehead atoms. The second kappa shape index (κ2) is 6.61. The number of hydrogen-bond donors (Lipinski definition) is 1. The van der Waals surface area contributed by atoms with E-state index < -0.39 is 0 Å². The van der Waals surface area contributed by atoms with Crippen molar-refractivity contribution in [1.82, 2.24) is 9.97 Å². The van der Waals surface area contributed by atoms with Gasteiger partial charge in [-0.15, -0.1) is 11.3 Å². The lowest BCUT2D eigenvalue weighted by Gasteiger charge is -2.28. The van der Waals surface area contributed by atoms with E-state index >= 15 is 0 Å². The molecule has 1 fully saturated rings. The molecule has 1 saturated heterocycles. The Labute approximate surface area is 151 Å². The van der Waals surface area contributed by atoms with Crippen LogP contribution in [0, 0.1) is 20.8 Å². The van der Waals surface area contributed by atoms with Crippen molar-refractivity contribution < 1.29 is 4.74 Å². The lowest BCUT2D eigenvalue weighted by Crippen LogP contribution is -2.36. The van der Waals surface area contributed by atoms with Crippen molar-refractivity contribution in [1.29, 1.82) is 0 Å². The van der Waals surface area contributed by atoms with E-state index in [1.165, 1.54) is 16.1 Å². The lowest BCUT2D eigenvalue weighted by molar-refractivity contribution is 0.122. The second-order valence-corrected chi connectivity index (χ2v) is 7.56. The van der Waals surface area contributed by atoms with Crippen LogP contribution in [-0.4, -0.2) is 36.3 Å². The quantitative estimate of drug-likeness (QED) is 0.764. The number of nitrogens with one attached hydrogen (secondary N) is 1. The summed E-state index contributed by atoms with van der Waals surface area (Å²) in [7, 11) is 0. The molecule has 0 saturated carbocycles. The molecular formula is C19H22N4OS. The van der Waals surface area contributed by atoms with Crippen LogP contribution in [0.4, 0.5) is 17.2 Å². The highest BCUT2D eigenvalue weighted by Gasteiger charge is 2.14. The predicted molar refractivity (Wildman–Crippen MR) is 104 cm³/mol. The molecule has 0 atom stereocenters. The van der Waals surface area contributed by atoms with Gasteiger partial charge in [0.05, 0.1) is 18.6 Å². The number of benzene rings is 1. The standard InChI is InChI=1S/C19H22N4OS/c1-12-13(2)25-19-17(12)18(20-14(3)21-19)22-15-4-6-16(7-5-15)23-8-10-24-11-9-23/h4-7H,8-11H2,1-3H3,(H,20,21,22). The molecular weight excluding hydrogens is 332 g/mol. The zero-order valence-corrected chi connectivity index (χ0v) is 15.6. The van der Waals surface area contributed by atoms with Crippen LogP contribution in [0.1, 0.15) is 16.3 Å². The Hall–Kier alpha value is -2.18. The second-order valence-electron chi connectivity index (χ2n) is 6.35. The van der Waals surface area contributed by atoms with Crippen LogP contribution in [0.3, 0.4) is 0 Å². The number of aryl methyl sites for hydroxylation is 3. The van der Waals surface area contributed by atoms with E-state index in [1.54, 1.807) is 11.3 Å². The maximum absolute atomic E-state index is 5.42. The fourth-order valence-corrected chi connectivity index (χ4v) is 4.24. The molecule has 0 radical (unpaired) electrons. The average molecular weight is 354 g/mol. The molecule has 0 aliphatic carbocycles. The van der Waals surface area contributed by atoms with Crippen LogP contribution in [-0.2, 0) is 4.74 Å². The van der Waals surface area contributed by atoms with E-state index in [1.807, 2.05) is 6.92 Å². The molecule has 130 valence electrons. The van der Waals surface area contributed by atoms with Crippen LogP contribution in [0.2, 0.25) is 0 Å². The summed E-state index contributed by atoms with van der Waals surface area (Å²) in [4.78, 5) is 13.9. The predicted octanol–water partition coefficient (Wildman–Crippen LogP) is 4.20. The highest BCUT2D eigenvalue weighted by Crippen LogP contribution is 2.34. The molecule has 0 amide bonds. The molecule has 5 nitrogen and oxygen atoms in total. The van der Waals surface area contributed by atoms with Gasteiger partial charge in [0.25, 0.3) is 0 Å². The van der Waals surface area contributed by atoms with Gasteiger partial charge in [0.15, 0.2) is 0 Å². The first-order valence-corrected chi connectivity index (χ1v) is 9.37. The van der Waals surface area contributed by atoms with Gasteiger partial charge in [-0.1, -0.05) is 0 Å². The molecule has 1 aliphatic rings. The minimum Gasteiger partial charge on any atom is -0.378 e. The first kappa shape index (κ1) is 16.3. The Bertz CT molecular complexity index is 898. The molecule has 2 aromatic heterocycles. The van der Waals surface area contributed by atoms with Gasteiger partial charge < -0.3 is 15.0 Å². The number of rotatable bonds is 3. The fourth-order valence-electron chi connectivity index (χ4n) is 3.16. The molecule has 1 aromatic carbocycles. The molecule has 0 spiro atoms. The van der Waals surface area contributed by atoms with E-state index in [4.69, 9.17) is 4.74 Å². The Kier molecular flexibility index (Phi) is 4.31. The third-order valence-corrected chi connectivity index (χ3v) is 5.75. The van der Waals surface area contributed by atoms with Crippen molar-refractivity contribution in [3.63, 3.8) is 0 Å². The zero-order chi connectivity index (χ0) is 17.4. The summed E-state index contributed by atoms with van der Waals surface area (Å²) < 4.78 is 5.42. The van der Waals surface area contributed by atoms with Gasteiger partial charge >= 0.3 is 0 Å². The summed E-state index contributed by atoms with van der Waals surface area (Å²) in [6.07, 6.45) is 0. The smallest absolute Gasteiger partial charge is 0.143 e. The average Bonchev–Trinajstić information content (AvgIpc) is 2.90. The van der Waals surface area contributed by atoms with Crippen LogP contribution in [0.25, 0.3) is 10.2 Å². The number of hydrogen-bond acceptors (Lipinski definition) is 6. The highest BCUT2D eigenvalue weighted by atomic mass is 32.1. The largest absolute Gasteiger partial charge is 0.378 e. The van der Waals surface area contributed by atoms with Crippen LogP contribution in [0.5, 0.6) is 0 Å². The fraction of sp³-hybridized carbons (Fsp3) is 0.368. The van der Waals surface area contributed by atoms with E-state index in [-0.39, 0.29) is 0 Å². The number of morpholine rings is 1. The summed E-state index contributed by atoms with van der Waals surface area (Å²) in [5, 5.41) is 4.61. The molecule has 3 aromatic rings. The Morgan fingerprint density at radius 3 is 2.48 bits per heavy atom. The van der Waals surface area contributed by atoms with Crippen LogP contribution >= 0.6 is 11.3 Å². The molecule has 1 N–H and O–H groups in total. The zero-order valence-electron chi connectivity index (χ0n) is 14.8. The minimum atomic E-state index is 0.793. The van der Waals surface area contributed by atoms with Gasteiger partial charge in [-0.25, -0.2) is 9.97 Å². The monoisotopic (exact) mass is 354 g/mol. The van der Waals surface area contributed by atoms with Crippen molar-refractivity contribution in [2.75, 3.05) is 36.5 Å². The minimum absolute atomic E-state index is 0.793. The molecule has 3 heterocycles. The first-order chi connectivity index (χ1) is 12.1. The number of anilines is 3. The van der Waals surface area contributed by atoms with Crippen molar-refractivity contribution in [2.24, 2.45) is 0 Å². The number of nitrogens with zero attached hydrogens (tertiary/aromatic N) is 3. The number of aromatic nitrogens is 2. The molecule has 1 aliphatic heterocycles. The maximum Gasteiger partial charge on any atom is 0.143 e. The van der Waals surface area contributed by atoms with E-state index in [9.17, 15) is 0 Å². The van der Waals surface area contributed by atoms with E-state index in [0.717, 1.165) is 53.8 Å². The van der Waals surface area contributed by atoms with E-state index in [2.05, 4.69) is 58.3 Å². The topological polar surface area (TPSA) is 50.3 Å². The van der Waals surface area contributed by atoms with Crippen molar-refractivity contribution in [2.45, 2.75) is 20.8 Å². The van der Waals surface area contributed by atoms with Crippen molar-refractivity contribution >= 4 is 38.7 Å². The SMILES string of the molecule is Cc1nc(Nc2ccc(N3CCOCC3)cc2)c2c(C)c(C)sc2n1. The lowest BCUT2D eigenvalue weighted by atomic mass is 10.2. The van der Waals surface area contributed by atoms with Gasteiger partial charge in [0.2, 0.25) is 0 Å². The Morgan fingerprint density at radius 2 is 1.76 bits per heavy atom. The van der Waals surface area contributed by atoms with Gasteiger partial charge in [-0.05, 0) is 50.6 Å². The summed E-state index contributed by atoms with van der Waals surface area (Å²) in [6, 6.07) is 8.54. The Morgan fingerprint density at radius 1 is 1.04 bits per heavy atom. The van der Waals surface area contributed by atoms with Gasteiger partial charge in [-0.3, -0.25) is 0 Å². The number of fused-ring (bicyclic) bond motifs is 1.